The molecule has 4 rings (SSSR count). The molecule has 2 aliphatic rings. The van der Waals surface area contributed by atoms with Crippen LogP contribution in [0, 0.1) is 0 Å². The Labute approximate surface area is 110 Å². The van der Waals surface area contributed by atoms with E-state index in [0.29, 0.717) is 6.10 Å². The summed E-state index contributed by atoms with van der Waals surface area (Å²) >= 11 is 0. The number of rotatable bonds is 2. The van der Waals surface area contributed by atoms with E-state index in [1.165, 1.54) is 6.42 Å². The number of nitrogens with zero attached hydrogens (tertiary/aromatic N) is 4. The van der Waals surface area contributed by atoms with E-state index in [1.807, 2.05) is 28.9 Å². The SMILES string of the molecule is Nc1ccc(-c2nnnn2C2CC3CCC2O3)cc1. The predicted molar refractivity (Wildman–Crippen MR) is 69.2 cm³/mol. The standard InChI is InChI=1S/C13H15N5O/c14-9-3-1-8(2-4-9)13-15-16-17-18(13)11-7-10-5-6-12(11)19-10/h1-4,10-12H,5-7,14H2. The van der Waals surface area contributed by atoms with Crippen molar-refractivity contribution in [2.45, 2.75) is 37.5 Å². The van der Waals surface area contributed by atoms with Gasteiger partial charge in [-0.15, -0.1) is 5.10 Å². The average Bonchev–Trinajstić information content (AvgIpc) is 3.15. The van der Waals surface area contributed by atoms with Gasteiger partial charge in [0.15, 0.2) is 5.82 Å². The Morgan fingerprint density at radius 2 is 2.05 bits per heavy atom. The Kier molecular flexibility index (Phi) is 2.32. The molecule has 2 aliphatic heterocycles. The minimum atomic E-state index is 0.265. The molecule has 0 spiro atoms. The van der Waals surface area contributed by atoms with Crippen molar-refractivity contribution in [2.75, 3.05) is 5.73 Å². The van der Waals surface area contributed by atoms with E-state index < -0.39 is 0 Å². The van der Waals surface area contributed by atoms with E-state index in [2.05, 4.69) is 15.5 Å². The molecule has 0 aliphatic carbocycles. The summed E-state index contributed by atoms with van der Waals surface area (Å²) in [7, 11) is 0. The summed E-state index contributed by atoms with van der Waals surface area (Å²) in [6, 6.07) is 7.90. The van der Waals surface area contributed by atoms with E-state index >= 15 is 0 Å². The van der Waals surface area contributed by atoms with Gasteiger partial charge in [-0.05, 0) is 54.0 Å². The fraction of sp³-hybridized carbons (Fsp3) is 0.462. The molecule has 19 heavy (non-hydrogen) atoms. The zero-order valence-corrected chi connectivity index (χ0v) is 10.4. The van der Waals surface area contributed by atoms with Crippen LogP contribution in [0.25, 0.3) is 11.4 Å². The van der Waals surface area contributed by atoms with Crippen LogP contribution in [0.3, 0.4) is 0 Å². The van der Waals surface area contributed by atoms with E-state index in [-0.39, 0.29) is 12.1 Å². The first kappa shape index (κ1) is 10.9. The first-order chi connectivity index (χ1) is 9.31. The van der Waals surface area contributed by atoms with E-state index in [4.69, 9.17) is 10.5 Å². The van der Waals surface area contributed by atoms with Crippen molar-refractivity contribution in [1.82, 2.24) is 20.2 Å². The van der Waals surface area contributed by atoms with Gasteiger partial charge in [0, 0.05) is 11.3 Å². The van der Waals surface area contributed by atoms with Crippen molar-refractivity contribution in [3.05, 3.63) is 24.3 Å². The van der Waals surface area contributed by atoms with E-state index in [9.17, 15) is 0 Å². The number of benzene rings is 1. The molecule has 6 heteroatoms. The number of fused-ring (bicyclic) bond motifs is 2. The second kappa shape index (κ2) is 4.03. The third-order valence-corrected chi connectivity index (χ3v) is 4.05. The third kappa shape index (κ3) is 1.71. The lowest BCUT2D eigenvalue weighted by Crippen LogP contribution is -2.22. The number of anilines is 1. The quantitative estimate of drug-likeness (QED) is 0.823. The van der Waals surface area contributed by atoms with Crippen LogP contribution in [0.5, 0.6) is 0 Å². The summed E-state index contributed by atoms with van der Waals surface area (Å²) < 4.78 is 7.79. The highest BCUT2D eigenvalue weighted by Crippen LogP contribution is 2.42. The molecule has 0 radical (unpaired) electrons. The summed E-state index contributed by atoms with van der Waals surface area (Å²) in [5.74, 6) is 0.793. The van der Waals surface area contributed by atoms with Crippen LogP contribution < -0.4 is 5.73 Å². The molecule has 2 N–H and O–H groups in total. The van der Waals surface area contributed by atoms with Crippen LogP contribution in [0.1, 0.15) is 25.3 Å². The maximum atomic E-state index is 5.88. The molecule has 2 aromatic rings. The Morgan fingerprint density at radius 1 is 1.21 bits per heavy atom. The van der Waals surface area contributed by atoms with Gasteiger partial charge in [0.25, 0.3) is 0 Å². The number of nitrogen functional groups attached to an aromatic ring is 1. The lowest BCUT2D eigenvalue weighted by molar-refractivity contribution is 0.0922. The number of hydrogen-bond acceptors (Lipinski definition) is 5. The summed E-state index contributed by atoms with van der Waals surface area (Å²) in [4.78, 5) is 0. The van der Waals surface area contributed by atoms with Crippen molar-refractivity contribution in [3.63, 3.8) is 0 Å². The van der Waals surface area contributed by atoms with Gasteiger partial charge in [0.2, 0.25) is 0 Å². The fourth-order valence-electron chi connectivity index (χ4n) is 3.11. The van der Waals surface area contributed by atoms with Gasteiger partial charge in [-0.2, -0.15) is 0 Å². The maximum Gasteiger partial charge on any atom is 0.182 e. The topological polar surface area (TPSA) is 78.9 Å². The van der Waals surface area contributed by atoms with Crippen LogP contribution in [0.4, 0.5) is 5.69 Å². The molecule has 1 aromatic carbocycles. The lowest BCUT2D eigenvalue weighted by atomic mass is 9.95. The predicted octanol–water partition coefficient (Wildman–Crippen LogP) is 1.41. The molecule has 3 heterocycles. The molecule has 3 unspecified atom stereocenters. The Morgan fingerprint density at radius 3 is 2.74 bits per heavy atom. The minimum absolute atomic E-state index is 0.265. The van der Waals surface area contributed by atoms with Crippen LogP contribution in [0.2, 0.25) is 0 Å². The Bertz CT molecular complexity index is 593. The molecule has 2 fully saturated rings. The monoisotopic (exact) mass is 257 g/mol. The number of hydrogen-bond donors (Lipinski definition) is 1. The molecule has 2 bridgehead atoms. The zero-order valence-electron chi connectivity index (χ0n) is 10.4. The van der Waals surface area contributed by atoms with Crippen molar-refractivity contribution in [2.24, 2.45) is 0 Å². The Hall–Kier alpha value is -1.95. The average molecular weight is 257 g/mol. The van der Waals surface area contributed by atoms with Crippen LogP contribution >= 0.6 is 0 Å². The third-order valence-electron chi connectivity index (χ3n) is 4.05. The summed E-state index contributed by atoms with van der Waals surface area (Å²) in [6.45, 7) is 0. The largest absolute Gasteiger partial charge is 0.399 e. The summed E-state index contributed by atoms with van der Waals surface area (Å²) in [6.07, 6.45) is 3.94. The van der Waals surface area contributed by atoms with Gasteiger partial charge in [-0.1, -0.05) is 0 Å². The van der Waals surface area contributed by atoms with Gasteiger partial charge >= 0.3 is 0 Å². The van der Waals surface area contributed by atoms with Gasteiger partial charge in [0.1, 0.15) is 0 Å². The van der Waals surface area contributed by atoms with Crippen LogP contribution in [0.15, 0.2) is 24.3 Å². The molecule has 0 saturated carbocycles. The molecular weight excluding hydrogens is 242 g/mol. The number of ether oxygens (including phenoxy) is 1. The zero-order chi connectivity index (χ0) is 12.8. The number of tetrazole rings is 1. The normalized spacial score (nSPS) is 28.9. The molecule has 98 valence electrons. The maximum absolute atomic E-state index is 5.88. The van der Waals surface area contributed by atoms with Gasteiger partial charge in [-0.25, -0.2) is 4.68 Å². The van der Waals surface area contributed by atoms with Crippen molar-refractivity contribution < 1.29 is 4.74 Å². The van der Waals surface area contributed by atoms with Gasteiger partial charge < -0.3 is 10.5 Å². The molecule has 6 nitrogen and oxygen atoms in total. The lowest BCUT2D eigenvalue weighted by Gasteiger charge is -2.19. The van der Waals surface area contributed by atoms with Gasteiger partial charge in [-0.3, -0.25) is 0 Å². The second-order valence-corrected chi connectivity index (χ2v) is 5.25. The number of aromatic nitrogens is 4. The molecule has 0 amide bonds. The highest BCUT2D eigenvalue weighted by molar-refractivity contribution is 5.58. The highest BCUT2D eigenvalue weighted by Gasteiger charge is 2.43. The first-order valence-corrected chi connectivity index (χ1v) is 6.60. The molecular formula is C13H15N5O. The Balaban J connectivity index is 1.71. The van der Waals surface area contributed by atoms with Crippen molar-refractivity contribution in [1.29, 1.82) is 0 Å². The van der Waals surface area contributed by atoms with Crippen molar-refractivity contribution in [3.8, 4) is 11.4 Å². The second-order valence-electron chi connectivity index (χ2n) is 5.25. The number of nitrogens with two attached hydrogens (primary N) is 1. The summed E-state index contributed by atoms with van der Waals surface area (Å²) in [5.41, 5.74) is 7.44. The van der Waals surface area contributed by atoms with Crippen molar-refractivity contribution >= 4 is 5.69 Å². The summed E-state index contributed by atoms with van der Waals surface area (Å²) in [5, 5.41) is 12.1. The molecule has 1 aromatic heterocycles. The molecule has 3 atom stereocenters. The minimum Gasteiger partial charge on any atom is -0.399 e. The highest BCUT2D eigenvalue weighted by atomic mass is 16.5. The fourth-order valence-corrected chi connectivity index (χ4v) is 3.11. The van der Waals surface area contributed by atoms with E-state index in [1.54, 1.807) is 0 Å². The van der Waals surface area contributed by atoms with Crippen LogP contribution in [-0.4, -0.2) is 32.4 Å². The first-order valence-electron chi connectivity index (χ1n) is 6.60. The smallest absolute Gasteiger partial charge is 0.182 e. The van der Waals surface area contributed by atoms with E-state index in [0.717, 1.165) is 29.9 Å². The molecule has 2 saturated heterocycles. The van der Waals surface area contributed by atoms with Gasteiger partial charge in [0.05, 0.1) is 18.2 Å². The van der Waals surface area contributed by atoms with Crippen LogP contribution in [-0.2, 0) is 4.74 Å².